The summed E-state index contributed by atoms with van der Waals surface area (Å²) in [6.07, 6.45) is 10.1. The molecule has 0 radical (unpaired) electrons. The van der Waals surface area contributed by atoms with Gasteiger partial charge in [-0.05, 0) is 25.0 Å². The van der Waals surface area contributed by atoms with Gasteiger partial charge in [-0.3, -0.25) is 4.98 Å². The van der Waals surface area contributed by atoms with E-state index < -0.39 is 5.41 Å². The van der Waals surface area contributed by atoms with Crippen molar-refractivity contribution in [2.45, 2.75) is 32.1 Å². The van der Waals surface area contributed by atoms with E-state index in [4.69, 9.17) is 10.3 Å². The van der Waals surface area contributed by atoms with Gasteiger partial charge >= 0.3 is 0 Å². The van der Waals surface area contributed by atoms with E-state index in [1.807, 2.05) is 18.3 Å². The number of nitrogens with zero attached hydrogens (tertiary/aromatic N) is 7. The predicted octanol–water partition coefficient (Wildman–Crippen LogP) is 2.94. The molecule has 10 nitrogen and oxygen atoms in total. The van der Waals surface area contributed by atoms with Crippen LogP contribution in [0.3, 0.4) is 0 Å². The molecule has 0 spiro atoms. The van der Waals surface area contributed by atoms with Gasteiger partial charge in [-0.1, -0.05) is 31.1 Å². The van der Waals surface area contributed by atoms with Crippen molar-refractivity contribution in [1.82, 2.24) is 34.9 Å². The number of hydrogen-bond donors (Lipinski definition) is 2. The first kappa shape index (κ1) is 21.3. The summed E-state index contributed by atoms with van der Waals surface area (Å²) >= 11 is 0. The number of anilines is 1. The zero-order valence-electron chi connectivity index (χ0n) is 17.9. The molecule has 10 heteroatoms. The van der Waals surface area contributed by atoms with Gasteiger partial charge in [0.25, 0.3) is 5.89 Å². The van der Waals surface area contributed by atoms with Crippen LogP contribution in [0.25, 0.3) is 28.4 Å². The highest BCUT2D eigenvalue weighted by Gasteiger charge is 2.34. The molecule has 0 aliphatic heterocycles. The van der Waals surface area contributed by atoms with Gasteiger partial charge in [0.2, 0.25) is 5.95 Å². The highest BCUT2D eigenvalue weighted by Crippen LogP contribution is 2.36. The molecule has 32 heavy (non-hydrogen) atoms. The zero-order chi connectivity index (χ0) is 22.7. The van der Waals surface area contributed by atoms with E-state index in [1.165, 1.54) is 4.68 Å². The Balaban J connectivity index is 1.64. The number of pyridine rings is 1. The number of hydrogen-bond acceptors (Lipinski definition) is 9. The SMILES string of the molecule is C=C(CO)n1cc(-c2nc(C(C)(CCC)c3ccc(-c4cnc(N)nc4)nc3)no2)cn1. The molecule has 0 fully saturated rings. The maximum Gasteiger partial charge on any atom is 0.261 e. The van der Waals surface area contributed by atoms with E-state index in [9.17, 15) is 5.11 Å². The number of nitrogens with two attached hydrogens (primary N) is 1. The van der Waals surface area contributed by atoms with Crippen molar-refractivity contribution < 1.29 is 9.63 Å². The van der Waals surface area contributed by atoms with Crippen molar-refractivity contribution in [3.8, 4) is 22.7 Å². The molecule has 0 saturated carbocycles. The lowest BCUT2D eigenvalue weighted by atomic mass is 9.78. The minimum Gasteiger partial charge on any atom is -0.390 e. The van der Waals surface area contributed by atoms with E-state index >= 15 is 0 Å². The Kier molecular flexibility index (Phi) is 5.78. The summed E-state index contributed by atoms with van der Waals surface area (Å²) in [7, 11) is 0. The summed E-state index contributed by atoms with van der Waals surface area (Å²) in [6.45, 7) is 7.74. The minimum atomic E-state index is -0.496. The summed E-state index contributed by atoms with van der Waals surface area (Å²) in [5.41, 5.74) is 8.67. The second-order valence-electron chi connectivity index (χ2n) is 7.67. The van der Waals surface area contributed by atoms with Crippen molar-refractivity contribution in [1.29, 1.82) is 0 Å². The fraction of sp³-hybridized carbons (Fsp3) is 0.273. The molecule has 4 rings (SSSR count). The molecule has 1 unspecified atom stereocenters. The lowest BCUT2D eigenvalue weighted by molar-refractivity contribution is 0.342. The van der Waals surface area contributed by atoms with E-state index in [1.54, 1.807) is 24.8 Å². The molecule has 4 aromatic heterocycles. The largest absolute Gasteiger partial charge is 0.390 e. The first-order valence-electron chi connectivity index (χ1n) is 10.2. The van der Waals surface area contributed by atoms with Gasteiger partial charge < -0.3 is 15.4 Å². The molecule has 0 saturated heterocycles. The summed E-state index contributed by atoms with van der Waals surface area (Å²) in [5.74, 6) is 1.14. The van der Waals surface area contributed by atoms with Crippen LogP contribution in [0.15, 0.2) is 54.2 Å². The van der Waals surface area contributed by atoms with Gasteiger partial charge in [0, 0.05) is 30.4 Å². The lowest BCUT2D eigenvalue weighted by Crippen LogP contribution is -2.25. The highest BCUT2D eigenvalue weighted by atomic mass is 16.5. The Bertz CT molecular complexity index is 1210. The van der Waals surface area contributed by atoms with Gasteiger partial charge in [0.05, 0.1) is 35.2 Å². The third-order valence-electron chi connectivity index (χ3n) is 5.37. The first-order chi connectivity index (χ1) is 15.4. The topological polar surface area (TPSA) is 142 Å². The van der Waals surface area contributed by atoms with Gasteiger partial charge in [-0.25, -0.2) is 14.6 Å². The number of nitrogen functional groups attached to an aromatic ring is 1. The average Bonchev–Trinajstić information content (AvgIpc) is 3.49. The highest BCUT2D eigenvalue weighted by molar-refractivity contribution is 5.58. The van der Waals surface area contributed by atoms with Crippen LogP contribution in [0.1, 0.15) is 38.1 Å². The van der Waals surface area contributed by atoms with E-state index in [-0.39, 0.29) is 12.6 Å². The maximum absolute atomic E-state index is 9.24. The van der Waals surface area contributed by atoms with Gasteiger partial charge in [0.1, 0.15) is 0 Å². The number of aliphatic hydroxyl groups is 1. The van der Waals surface area contributed by atoms with E-state index in [2.05, 4.69) is 50.6 Å². The van der Waals surface area contributed by atoms with Crippen LogP contribution in [0.2, 0.25) is 0 Å². The molecule has 4 heterocycles. The fourth-order valence-electron chi connectivity index (χ4n) is 3.49. The molecule has 0 aliphatic rings. The van der Waals surface area contributed by atoms with Crippen LogP contribution in [0, 0.1) is 0 Å². The molecule has 164 valence electrons. The zero-order valence-corrected chi connectivity index (χ0v) is 17.9. The normalized spacial score (nSPS) is 13.1. The standard InChI is InChI=1S/C22H24N8O2/c1-4-7-22(3,17-5-6-18(24-11-17)15-8-25-21(23)26-9-15)20-28-19(32-29-20)16-10-27-30(12-16)14(2)13-31/h5-6,8-12,31H,2,4,7,13H2,1,3H3,(H2,23,25,26). The van der Waals surface area contributed by atoms with E-state index in [0.717, 1.165) is 29.7 Å². The smallest absolute Gasteiger partial charge is 0.261 e. The molecule has 3 N–H and O–H groups in total. The quantitative estimate of drug-likeness (QED) is 0.429. The molecular formula is C22H24N8O2. The van der Waals surface area contributed by atoms with Crippen LogP contribution in [0.4, 0.5) is 5.95 Å². The van der Waals surface area contributed by atoms with Gasteiger partial charge in [0.15, 0.2) is 5.82 Å². The van der Waals surface area contributed by atoms with E-state index in [0.29, 0.717) is 23.0 Å². The molecule has 0 aromatic carbocycles. The van der Waals surface area contributed by atoms with Crippen molar-refractivity contribution in [2.75, 3.05) is 12.3 Å². The maximum atomic E-state index is 9.24. The Morgan fingerprint density at radius 3 is 2.59 bits per heavy atom. The fourth-order valence-corrected chi connectivity index (χ4v) is 3.49. The average molecular weight is 432 g/mol. The Morgan fingerprint density at radius 2 is 1.94 bits per heavy atom. The summed E-state index contributed by atoms with van der Waals surface area (Å²) in [6, 6.07) is 3.93. The van der Waals surface area contributed by atoms with Crippen LogP contribution in [-0.2, 0) is 5.41 Å². The van der Waals surface area contributed by atoms with Crippen molar-refractivity contribution >= 4 is 11.6 Å². The van der Waals surface area contributed by atoms with Crippen molar-refractivity contribution in [3.63, 3.8) is 0 Å². The van der Waals surface area contributed by atoms with Gasteiger partial charge in [-0.15, -0.1) is 0 Å². The predicted molar refractivity (Wildman–Crippen MR) is 119 cm³/mol. The third kappa shape index (κ3) is 4.00. The monoisotopic (exact) mass is 432 g/mol. The van der Waals surface area contributed by atoms with Crippen molar-refractivity contribution in [2.24, 2.45) is 0 Å². The number of aliphatic hydroxyl groups excluding tert-OH is 1. The van der Waals surface area contributed by atoms with Crippen LogP contribution in [-0.4, -0.2) is 46.6 Å². The van der Waals surface area contributed by atoms with Gasteiger partial charge in [-0.2, -0.15) is 10.1 Å². The van der Waals surface area contributed by atoms with Crippen LogP contribution < -0.4 is 5.73 Å². The Hall–Kier alpha value is -3.92. The molecule has 4 aromatic rings. The minimum absolute atomic E-state index is 0.198. The summed E-state index contributed by atoms with van der Waals surface area (Å²) < 4.78 is 7.02. The summed E-state index contributed by atoms with van der Waals surface area (Å²) in [5, 5.41) is 17.7. The first-order valence-corrected chi connectivity index (χ1v) is 10.2. The van der Waals surface area contributed by atoms with Crippen molar-refractivity contribution in [3.05, 3.63) is 61.1 Å². The second kappa shape index (κ2) is 8.67. The Morgan fingerprint density at radius 1 is 1.16 bits per heavy atom. The molecule has 0 amide bonds. The molecule has 0 bridgehead atoms. The Labute approximate surface area is 184 Å². The molecule has 1 atom stereocenters. The molecule has 0 aliphatic carbocycles. The molecular weight excluding hydrogens is 408 g/mol. The third-order valence-corrected chi connectivity index (χ3v) is 5.37. The number of rotatable bonds is 8. The lowest BCUT2D eigenvalue weighted by Gasteiger charge is -2.26. The second-order valence-corrected chi connectivity index (χ2v) is 7.67. The number of aromatic nitrogens is 7. The van der Waals surface area contributed by atoms with Crippen LogP contribution >= 0.6 is 0 Å². The summed E-state index contributed by atoms with van der Waals surface area (Å²) in [4.78, 5) is 17.3. The van der Waals surface area contributed by atoms with Crippen LogP contribution in [0.5, 0.6) is 0 Å².